The molecule has 0 aliphatic rings. The van der Waals surface area contributed by atoms with Gasteiger partial charge in [0.15, 0.2) is 0 Å². The van der Waals surface area contributed by atoms with Gasteiger partial charge < -0.3 is 15.0 Å². The predicted octanol–water partition coefficient (Wildman–Crippen LogP) is 4.98. The van der Waals surface area contributed by atoms with Crippen molar-refractivity contribution >= 4 is 24.6 Å². The Morgan fingerprint density at radius 2 is 1.84 bits per heavy atom. The van der Waals surface area contributed by atoms with E-state index in [2.05, 4.69) is 59.3 Å². The number of carbonyl (C=O) groups is 2. The lowest BCUT2D eigenvalue weighted by Crippen LogP contribution is -2.41. The van der Waals surface area contributed by atoms with E-state index in [0.29, 0.717) is 43.7 Å². The van der Waals surface area contributed by atoms with E-state index in [-0.39, 0.29) is 17.9 Å². The maximum atomic E-state index is 12.9. The maximum absolute atomic E-state index is 12.9. The number of unbranched alkanes of at least 4 members (excludes halogenated alkanes) is 1. The molecule has 3 rings (SSSR count). The molecule has 1 atom stereocenters. The minimum Gasteiger partial charge on any atom is -0.449 e. The van der Waals surface area contributed by atoms with E-state index >= 15 is 0 Å². The second-order valence-corrected chi connectivity index (χ2v) is 10.0. The van der Waals surface area contributed by atoms with Crippen LogP contribution in [-0.4, -0.2) is 63.0 Å². The smallest absolute Gasteiger partial charge is 0.410 e. The summed E-state index contributed by atoms with van der Waals surface area (Å²) in [6.07, 6.45) is 2.15. The van der Waals surface area contributed by atoms with Crippen molar-refractivity contribution < 1.29 is 14.3 Å². The molecule has 0 bridgehead atoms. The number of benzene rings is 2. The van der Waals surface area contributed by atoms with Gasteiger partial charge in [-0.15, -0.1) is 10.2 Å². The largest absolute Gasteiger partial charge is 0.449 e. The van der Waals surface area contributed by atoms with E-state index < -0.39 is 0 Å². The molecular weight excluding hydrogens is 500 g/mol. The van der Waals surface area contributed by atoms with E-state index in [1.165, 1.54) is 0 Å². The lowest BCUT2D eigenvalue weighted by molar-refractivity contribution is -0.124. The Morgan fingerprint density at radius 1 is 1.11 bits per heavy atom. The molecule has 0 aliphatic heterocycles. The predicted molar refractivity (Wildman–Crippen MR) is 152 cm³/mol. The molecular formula is C28H38N6O3S. The van der Waals surface area contributed by atoms with Gasteiger partial charge in [-0.05, 0) is 40.7 Å². The molecule has 0 fully saturated rings. The highest BCUT2D eigenvalue weighted by atomic mass is 32.1. The quantitative estimate of drug-likeness (QED) is 0.197. The molecule has 0 aliphatic carbocycles. The van der Waals surface area contributed by atoms with Crippen LogP contribution in [-0.2, 0) is 16.1 Å². The van der Waals surface area contributed by atoms with Crippen LogP contribution in [0.4, 0.5) is 4.79 Å². The van der Waals surface area contributed by atoms with E-state index in [0.717, 1.165) is 41.5 Å². The van der Waals surface area contributed by atoms with Gasteiger partial charge in [0.05, 0.1) is 6.61 Å². The minimum atomic E-state index is -0.382. The van der Waals surface area contributed by atoms with Gasteiger partial charge in [0.2, 0.25) is 11.7 Å². The molecule has 1 heterocycles. The van der Waals surface area contributed by atoms with Gasteiger partial charge >= 0.3 is 6.09 Å². The standard InChI is InChI=1S/C28H38N6O3S/c1-4-5-16-37-28(36)34(15-14-29-27(35)23(19-38)17-20(2)3)18-21-10-12-22(13-11-21)24-8-6-7-9-25(24)26-30-32-33-31-26/h6-13,20,23,38H,4-5,14-19H2,1-3H3,(H,29,35)(H,30,31,32,33). The van der Waals surface area contributed by atoms with Crippen molar-refractivity contribution in [1.29, 1.82) is 0 Å². The average molecular weight is 539 g/mol. The molecule has 9 nitrogen and oxygen atoms in total. The number of aromatic amines is 1. The molecule has 0 radical (unpaired) electrons. The first-order valence-electron chi connectivity index (χ1n) is 13.1. The van der Waals surface area contributed by atoms with Crippen molar-refractivity contribution in [2.24, 2.45) is 11.8 Å². The SMILES string of the molecule is CCCCOC(=O)N(CCNC(=O)C(CS)CC(C)C)Cc1ccc(-c2ccccc2-c2nn[nH]n2)cc1. The average Bonchev–Trinajstić information content (AvgIpc) is 3.46. The number of carbonyl (C=O) groups excluding carboxylic acids is 2. The van der Waals surface area contributed by atoms with Crippen molar-refractivity contribution in [3.8, 4) is 22.5 Å². The van der Waals surface area contributed by atoms with Crippen LogP contribution in [0, 0.1) is 11.8 Å². The summed E-state index contributed by atoms with van der Waals surface area (Å²) in [5.74, 6) is 1.25. The van der Waals surface area contributed by atoms with Gasteiger partial charge in [-0.2, -0.15) is 17.8 Å². The summed E-state index contributed by atoms with van der Waals surface area (Å²) in [7, 11) is 0. The monoisotopic (exact) mass is 538 g/mol. The highest BCUT2D eigenvalue weighted by Crippen LogP contribution is 2.29. The fourth-order valence-electron chi connectivity index (χ4n) is 4.14. The molecule has 1 unspecified atom stereocenters. The zero-order valence-electron chi connectivity index (χ0n) is 22.4. The molecule has 10 heteroatoms. The molecule has 2 aromatic carbocycles. The van der Waals surface area contributed by atoms with E-state index in [1.807, 2.05) is 48.5 Å². The first kappa shape index (κ1) is 29.2. The highest BCUT2D eigenvalue weighted by Gasteiger charge is 2.20. The molecule has 0 saturated carbocycles. The van der Waals surface area contributed by atoms with Crippen LogP contribution in [0.15, 0.2) is 48.5 Å². The zero-order valence-corrected chi connectivity index (χ0v) is 23.3. The molecule has 2 N–H and O–H groups in total. The van der Waals surface area contributed by atoms with E-state index in [4.69, 9.17) is 4.74 Å². The number of thiol groups is 1. The van der Waals surface area contributed by atoms with Gasteiger partial charge in [0, 0.05) is 36.9 Å². The topological polar surface area (TPSA) is 113 Å². The fraction of sp³-hybridized carbons (Fsp3) is 0.464. The number of ether oxygens (including phenoxy) is 1. The summed E-state index contributed by atoms with van der Waals surface area (Å²) in [4.78, 5) is 27.1. The Hall–Kier alpha value is -3.40. The number of aromatic nitrogens is 4. The Morgan fingerprint density at radius 3 is 2.47 bits per heavy atom. The second-order valence-electron chi connectivity index (χ2n) is 9.67. The molecule has 204 valence electrons. The normalized spacial score (nSPS) is 11.8. The first-order valence-corrected chi connectivity index (χ1v) is 13.8. The van der Waals surface area contributed by atoms with Crippen LogP contribution in [0.1, 0.15) is 45.6 Å². The molecule has 0 spiro atoms. The van der Waals surface area contributed by atoms with Gasteiger partial charge in [-0.1, -0.05) is 75.7 Å². The Kier molecular flexibility index (Phi) is 11.6. The molecule has 2 amide bonds. The number of hydrogen-bond donors (Lipinski definition) is 3. The molecule has 38 heavy (non-hydrogen) atoms. The third-order valence-corrected chi connectivity index (χ3v) is 6.60. The molecule has 1 aromatic heterocycles. The molecule has 0 saturated heterocycles. The number of amides is 2. The lowest BCUT2D eigenvalue weighted by atomic mass is 9.98. The summed E-state index contributed by atoms with van der Waals surface area (Å²) in [5, 5.41) is 17.4. The number of tetrazole rings is 1. The summed E-state index contributed by atoms with van der Waals surface area (Å²) < 4.78 is 5.48. The number of hydrogen-bond acceptors (Lipinski definition) is 7. The Labute approximate surface area is 230 Å². The third-order valence-electron chi connectivity index (χ3n) is 6.16. The maximum Gasteiger partial charge on any atom is 0.410 e. The van der Waals surface area contributed by atoms with E-state index in [1.54, 1.807) is 4.90 Å². The van der Waals surface area contributed by atoms with Crippen LogP contribution in [0.25, 0.3) is 22.5 Å². The van der Waals surface area contributed by atoms with Crippen LogP contribution < -0.4 is 5.32 Å². The first-order chi connectivity index (χ1) is 18.4. The summed E-state index contributed by atoms with van der Waals surface area (Å²) in [5.41, 5.74) is 3.82. The summed E-state index contributed by atoms with van der Waals surface area (Å²) in [6.45, 7) is 7.67. The van der Waals surface area contributed by atoms with Crippen LogP contribution in [0.3, 0.4) is 0 Å². The Bertz CT molecular complexity index is 1140. The van der Waals surface area contributed by atoms with Crippen LogP contribution in [0.2, 0.25) is 0 Å². The van der Waals surface area contributed by atoms with E-state index in [9.17, 15) is 9.59 Å². The highest BCUT2D eigenvalue weighted by molar-refractivity contribution is 7.80. The number of H-pyrrole nitrogens is 1. The minimum absolute atomic E-state index is 0.0300. The lowest BCUT2D eigenvalue weighted by Gasteiger charge is -2.23. The van der Waals surface area contributed by atoms with Gasteiger partial charge in [0.1, 0.15) is 0 Å². The summed E-state index contributed by atoms with van der Waals surface area (Å²) in [6, 6.07) is 15.9. The van der Waals surface area contributed by atoms with Gasteiger partial charge in [-0.25, -0.2) is 4.79 Å². The van der Waals surface area contributed by atoms with Crippen LogP contribution >= 0.6 is 12.6 Å². The fourth-order valence-corrected chi connectivity index (χ4v) is 4.45. The van der Waals surface area contributed by atoms with Gasteiger partial charge in [0.25, 0.3) is 0 Å². The number of nitrogens with one attached hydrogen (secondary N) is 2. The van der Waals surface area contributed by atoms with Crippen molar-refractivity contribution in [2.75, 3.05) is 25.4 Å². The zero-order chi connectivity index (χ0) is 27.3. The van der Waals surface area contributed by atoms with Crippen molar-refractivity contribution in [3.05, 3.63) is 54.1 Å². The van der Waals surface area contributed by atoms with Gasteiger partial charge in [-0.3, -0.25) is 4.79 Å². The van der Waals surface area contributed by atoms with Crippen molar-refractivity contribution in [1.82, 2.24) is 30.8 Å². The van der Waals surface area contributed by atoms with Crippen molar-refractivity contribution in [2.45, 2.75) is 46.6 Å². The third kappa shape index (κ3) is 8.58. The Balaban J connectivity index is 1.68. The molecule has 3 aromatic rings. The van der Waals surface area contributed by atoms with Crippen LogP contribution in [0.5, 0.6) is 0 Å². The second kappa shape index (κ2) is 15.1. The number of nitrogens with zero attached hydrogens (tertiary/aromatic N) is 4. The number of rotatable bonds is 14. The summed E-state index contributed by atoms with van der Waals surface area (Å²) >= 11 is 4.34. The van der Waals surface area contributed by atoms with Crippen molar-refractivity contribution in [3.63, 3.8) is 0 Å².